The molecule has 1 aliphatic rings. The number of fused-ring (bicyclic) bond motifs is 1. The van der Waals surface area contributed by atoms with Crippen molar-refractivity contribution in [3.8, 4) is 0 Å². The van der Waals surface area contributed by atoms with Crippen molar-refractivity contribution in [3.05, 3.63) is 59.2 Å². The number of hydrogen-bond donors (Lipinski definition) is 1. The molecule has 2 aromatic carbocycles. The van der Waals surface area contributed by atoms with Crippen molar-refractivity contribution in [2.75, 3.05) is 5.32 Å². The predicted octanol–water partition coefficient (Wildman–Crippen LogP) is 4.28. The molecule has 28 heavy (non-hydrogen) atoms. The summed E-state index contributed by atoms with van der Waals surface area (Å²) >= 11 is 0. The molecule has 3 rings (SSSR count). The summed E-state index contributed by atoms with van der Waals surface area (Å²) in [4.78, 5) is 0. The zero-order valence-electron chi connectivity index (χ0n) is 15.8. The number of benzene rings is 2. The lowest BCUT2D eigenvalue weighted by Gasteiger charge is -2.30. The fourth-order valence-electron chi connectivity index (χ4n) is 2.94. The van der Waals surface area contributed by atoms with Gasteiger partial charge < -0.3 is 9.87 Å². The van der Waals surface area contributed by atoms with Crippen molar-refractivity contribution < 1.29 is 30.7 Å². The van der Waals surface area contributed by atoms with Gasteiger partial charge in [0.25, 0.3) is 0 Å². The third-order valence-electron chi connectivity index (χ3n) is 4.24. The molecule has 0 amide bonds. The monoisotopic (exact) mass is 414 g/mol. The van der Waals surface area contributed by atoms with Crippen LogP contribution in [0.4, 0.5) is 24.5 Å². The first kappa shape index (κ1) is 21.9. The Morgan fingerprint density at radius 2 is 1.50 bits per heavy atom. The van der Waals surface area contributed by atoms with Crippen LogP contribution in [-0.4, -0.2) is 34.9 Å². The van der Waals surface area contributed by atoms with Crippen LogP contribution in [0.25, 0.3) is 0 Å². The van der Waals surface area contributed by atoms with E-state index in [2.05, 4.69) is 86.3 Å². The first-order valence-corrected chi connectivity index (χ1v) is 9.74. The quantitative estimate of drug-likeness (QED) is 0.430. The first-order chi connectivity index (χ1) is 12.7. The normalized spacial score (nSPS) is 15.5. The van der Waals surface area contributed by atoms with Crippen LogP contribution < -0.4 is 5.32 Å². The average Bonchev–Trinajstić information content (AvgIpc) is 2.53. The van der Waals surface area contributed by atoms with Crippen LogP contribution in [0, 0.1) is 13.8 Å². The second-order valence-electron chi connectivity index (χ2n) is 6.91. The van der Waals surface area contributed by atoms with E-state index in [0.29, 0.717) is 0 Å². The zero-order valence-corrected chi connectivity index (χ0v) is 16.6. The number of nitrogens with zero attached hydrogens (tertiary/aromatic N) is 1. The van der Waals surface area contributed by atoms with E-state index in [1.54, 1.807) is 0 Å². The highest BCUT2D eigenvalue weighted by Gasteiger charge is 2.38. The van der Waals surface area contributed by atoms with Gasteiger partial charge in [-0.15, -0.1) is 0 Å². The van der Waals surface area contributed by atoms with E-state index in [4.69, 9.17) is 13.0 Å². The van der Waals surface area contributed by atoms with Crippen molar-refractivity contribution in [1.29, 1.82) is 0 Å². The molecule has 0 saturated heterocycles. The maximum absolute atomic E-state index is 10.7. The van der Waals surface area contributed by atoms with Crippen molar-refractivity contribution in [2.24, 2.45) is 0 Å². The SMILES string of the molecule is Cc1cccc(C)c1[N+]1=Cc2ccccc2NC1(C)C.O=S(=O)([O-])C(F)(F)F. The molecule has 2 aromatic rings. The van der Waals surface area contributed by atoms with Crippen LogP contribution in [0.15, 0.2) is 42.5 Å². The Labute approximate surface area is 162 Å². The molecule has 1 heterocycles. The molecular weight excluding hydrogens is 393 g/mol. The van der Waals surface area contributed by atoms with E-state index in [1.807, 2.05) is 0 Å². The van der Waals surface area contributed by atoms with Gasteiger partial charge >= 0.3 is 5.51 Å². The number of alkyl halides is 3. The molecule has 0 aromatic heterocycles. The molecule has 0 aliphatic carbocycles. The minimum absolute atomic E-state index is 0.148. The van der Waals surface area contributed by atoms with Crippen molar-refractivity contribution in [2.45, 2.75) is 38.9 Å². The van der Waals surface area contributed by atoms with Gasteiger partial charge in [0.2, 0.25) is 11.4 Å². The third kappa shape index (κ3) is 4.71. The predicted molar refractivity (Wildman–Crippen MR) is 101 cm³/mol. The van der Waals surface area contributed by atoms with Gasteiger partial charge in [0.15, 0.2) is 16.3 Å². The Balaban J connectivity index is 0.000000300. The lowest BCUT2D eigenvalue weighted by Crippen LogP contribution is -2.45. The molecular formula is C19H21F3N2O3S. The lowest BCUT2D eigenvalue weighted by molar-refractivity contribution is -0.513. The van der Waals surface area contributed by atoms with Gasteiger partial charge in [-0.05, 0) is 26.0 Å². The van der Waals surface area contributed by atoms with Gasteiger partial charge in [-0.1, -0.05) is 30.3 Å². The molecule has 0 bridgehead atoms. The highest BCUT2D eigenvalue weighted by molar-refractivity contribution is 7.86. The molecule has 0 spiro atoms. The summed E-state index contributed by atoms with van der Waals surface area (Å²) in [7, 11) is -6.09. The minimum atomic E-state index is -6.09. The molecule has 0 radical (unpaired) electrons. The summed E-state index contributed by atoms with van der Waals surface area (Å²) in [6.45, 7) is 8.77. The second-order valence-corrected chi connectivity index (χ2v) is 8.28. The standard InChI is InChI=1S/C18H20N2.CHF3O3S/c1-13-8-7-9-14(2)17(13)20-12-15-10-5-6-11-16(15)19-18(20,3)4;2-1(3,4)8(5,6)7/h5-12H,1-4H3;(H,5,6,7). The van der Waals surface area contributed by atoms with Crippen LogP contribution in [0.5, 0.6) is 0 Å². The highest BCUT2D eigenvalue weighted by Crippen LogP contribution is 2.33. The summed E-state index contributed by atoms with van der Waals surface area (Å²) in [5, 5.41) is 3.63. The van der Waals surface area contributed by atoms with E-state index in [9.17, 15) is 13.2 Å². The van der Waals surface area contributed by atoms with Crippen LogP contribution in [0.1, 0.15) is 30.5 Å². The average molecular weight is 414 g/mol. The molecule has 0 unspecified atom stereocenters. The summed E-state index contributed by atoms with van der Waals surface area (Å²) in [5.74, 6) is 0. The number of anilines is 1. The number of nitrogens with one attached hydrogen (secondary N) is 1. The van der Waals surface area contributed by atoms with Crippen molar-refractivity contribution >= 4 is 27.7 Å². The molecule has 0 fully saturated rings. The number of aryl methyl sites for hydroxylation is 2. The van der Waals surface area contributed by atoms with Crippen LogP contribution in [0.2, 0.25) is 0 Å². The Morgan fingerprint density at radius 1 is 1.00 bits per heavy atom. The maximum Gasteiger partial charge on any atom is 0.485 e. The lowest BCUT2D eigenvalue weighted by atomic mass is 10.0. The first-order valence-electron chi connectivity index (χ1n) is 8.34. The number of para-hydroxylation sites is 2. The minimum Gasteiger partial charge on any atom is -0.741 e. The summed E-state index contributed by atoms with van der Waals surface area (Å²) in [6.07, 6.45) is 2.25. The van der Waals surface area contributed by atoms with Gasteiger partial charge in [0.05, 0.1) is 11.3 Å². The third-order valence-corrected chi connectivity index (χ3v) is 4.80. The maximum atomic E-state index is 10.7. The summed E-state index contributed by atoms with van der Waals surface area (Å²) in [6, 6.07) is 14.9. The summed E-state index contributed by atoms with van der Waals surface area (Å²) in [5.41, 5.74) is 0.526. The van der Waals surface area contributed by atoms with Crippen molar-refractivity contribution in [3.63, 3.8) is 0 Å². The number of rotatable bonds is 1. The Morgan fingerprint density at radius 3 is 2.00 bits per heavy atom. The van der Waals surface area contributed by atoms with Crippen LogP contribution in [0.3, 0.4) is 0 Å². The van der Waals surface area contributed by atoms with Crippen molar-refractivity contribution in [1.82, 2.24) is 0 Å². The van der Waals surface area contributed by atoms with Crippen LogP contribution in [-0.2, 0) is 10.1 Å². The Kier molecular flexibility index (Phi) is 5.91. The molecule has 1 aliphatic heterocycles. The Hall–Kier alpha value is -2.39. The molecule has 1 N–H and O–H groups in total. The molecule has 152 valence electrons. The highest BCUT2D eigenvalue weighted by atomic mass is 32.2. The fraction of sp³-hybridized carbons (Fsp3) is 0.316. The fourth-order valence-corrected chi connectivity index (χ4v) is 2.94. The molecule has 0 atom stereocenters. The largest absolute Gasteiger partial charge is 0.741 e. The van der Waals surface area contributed by atoms with E-state index < -0.39 is 15.6 Å². The van der Waals surface area contributed by atoms with Gasteiger partial charge in [-0.25, -0.2) is 8.42 Å². The van der Waals surface area contributed by atoms with Gasteiger partial charge in [-0.3, -0.25) is 0 Å². The topological polar surface area (TPSA) is 72.2 Å². The summed E-state index contributed by atoms with van der Waals surface area (Å²) < 4.78 is 61.2. The van der Waals surface area contributed by atoms with E-state index in [-0.39, 0.29) is 5.66 Å². The number of hydrogen-bond acceptors (Lipinski definition) is 4. The van der Waals surface area contributed by atoms with E-state index >= 15 is 0 Å². The second kappa shape index (κ2) is 7.56. The van der Waals surface area contributed by atoms with E-state index in [0.717, 1.165) is 0 Å². The smallest absolute Gasteiger partial charge is 0.485 e. The van der Waals surface area contributed by atoms with Gasteiger partial charge in [0, 0.05) is 25.0 Å². The Bertz CT molecular complexity index is 993. The van der Waals surface area contributed by atoms with Gasteiger partial charge in [0.1, 0.15) is 0 Å². The molecule has 0 saturated carbocycles. The number of halogens is 3. The van der Waals surface area contributed by atoms with E-state index in [1.165, 1.54) is 28.1 Å². The van der Waals surface area contributed by atoms with Gasteiger partial charge in [-0.2, -0.15) is 17.7 Å². The van der Waals surface area contributed by atoms with Crippen LogP contribution >= 0.6 is 0 Å². The molecule has 9 heteroatoms. The molecule has 5 nitrogen and oxygen atoms in total. The zero-order chi connectivity index (χ0) is 21.3.